The third-order valence-electron chi connectivity index (χ3n) is 6.30. The highest BCUT2D eigenvalue weighted by Gasteiger charge is 2.34. The molecule has 2 N–H and O–H groups in total. The molecule has 1 fully saturated rings. The molecule has 0 spiro atoms. The smallest absolute Gasteiger partial charge is 0.382 e. The lowest BCUT2D eigenvalue weighted by atomic mass is 10.0. The average molecular weight is 478 g/mol. The van der Waals surface area contributed by atoms with E-state index in [2.05, 4.69) is 16.0 Å². The molecule has 10 heteroatoms. The predicted octanol–water partition coefficient (Wildman–Crippen LogP) is 4.68. The van der Waals surface area contributed by atoms with Crippen molar-refractivity contribution in [3.8, 4) is 6.07 Å². The molecule has 3 heterocycles. The lowest BCUT2D eigenvalue weighted by Gasteiger charge is -2.25. The van der Waals surface area contributed by atoms with Crippen LogP contribution in [0.3, 0.4) is 0 Å². The number of benzene rings is 1. The number of pyridine rings is 1. The van der Waals surface area contributed by atoms with Crippen molar-refractivity contribution in [2.75, 3.05) is 12.3 Å². The van der Waals surface area contributed by atoms with Gasteiger partial charge in [-0.3, -0.25) is 9.78 Å². The molecule has 3 aromatic heterocycles. The number of halogens is 3. The van der Waals surface area contributed by atoms with Gasteiger partial charge in [-0.05, 0) is 61.2 Å². The van der Waals surface area contributed by atoms with Crippen molar-refractivity contribution in [1.29, 1.82) is 5.26 Å². The molecule has 1 unspecified atom stereocenters. The Hall–Kier alpha value is -4.13. The molecular formula is C25H21F3N6O. The van der Waals surface area contributed by atoms with Crippen LogP contribution in [0.1, 0.15) is 34.5 Å². The van der Waals surface area contributed by atoms with Crippen LogP contribution in [-0.2, 0) is 12.7 Å². The average Bonchev–Trinajstić information content (AvgIpc) is 3.55. The second kappa shape index (κ2) is 8.58. The van der Waals surface area contributed by atoms with Gasteiger partial charge in [-0.15, -0.1) is 0 Å². The summed E-state index contributed by atoms with van der Waals surface area (Å²) < 4.78 is 40.6. The Bertz CT molecular complexity index is 1450. The first-order chi connectivity index (χ1) is 16.7. The molecule has 7 nitrogen and oxygen atoms in total. The standard InChI is InChI=1S/C25H21F3N6O/c26-25(27,28)18-6-7-19(31-12-18)14-33(13-17(11-29)15-3-4-15)24(35)16-5-8-20-22(10-16)34-9-1-2-21(34)23(30)32-20/h1-2,5-10,12,15,17H,3-4,13-14H2,(H2,30,32). The Morgan fingerprint density at radius 1 is 1.23 bits per heavy atom. The van der Waals surface area contributed by atoms with E-state index in [1.165, 1.54) is 11.0 Å². The van der Waals surface area contributed by atoms with Crippen molar-refractivity contribution in [1.82, 2.24) is 19.3 Å². The molecular weight excluding hydrogens is 457 g/mol. The Morgan fingerprint density at radius 3 is 2.69 bits per heavy atom. The highest BCUT2D eigenvalue weighted by atomic mass is 19.4. The van der Waals surface area contributed by atoms with Gasteiger partial charge in [-0.1, -0.05) is 0 Å². The number of fused-ring (bicyclic) bond motifs is 3. The van der Waals surface area contributed by atoms with Gasteiger partial charge in [-0.2, -0.15) is 18.4 Å². The molecule has 1 aliphatic carbocycles. The fourth-order valence-corrected chi connectivity index (χ4v) is 4.25. The van der Waals surface area contributed by atoms with E-state index in [0.717, 1.165) is 25.1 Å². The van der Waals surface area contributed by atoms with Crippen molar-refractivity contribution in [2.24, 2.45) is 11.8 Å². The molecule has 0 radical (unpaired) electrons. The number of hydrogen-bond acceptors (Lipinski definition) is 5. The van der Waals surface area contributed by atoms with Crippen LogP contribution in [0, 0.1) is 23.2 Å². The highest BCUT2D eigenvalue weighted by Crippen LogP contribution is 2.37. The molecule has 1 aromatic carbocycles. The third-order valence-corrected chi connectivity index (χ3v) is 6.30. The Morgan fingerprint density at radius 2 is 2.03 bits per heavy atom. The van der Waals surface area contributed by atoms with Gasteiger partial charge in [0.1, 0.15) is 5.82 Å². The van der Waals surface area contributed by atoms with Gasteiger partial charge in [0.15, 0.2) is 0 Å². The maximum Gasteiger partial charge on any atom is 0.417 e. The van der Waals surface area contributed by atoms with Crippen LogP contribution in [0.4, 0.5) is 19.0 Å². The van der Waals surface area contributed by atoms with E-state index in [1.807, 2.05) is 22.7 Å². The molecule has 0 bridgehead atoms. The van der Waals surface area contributed by atoms with E-state index in [1.54, 1.807) is 18.2 Å². The molecule has 0 aliphatic heterocycles. The van der Waals surface area contributed by atoms with E-state index in [9.17, 15) is 23.2 Å². The Labute approximate surface area is 198 Å². The fraction of sp³-hybridized carbons (Fsp3) is 0.280. The zero-order valence-electron chi connectivity index (χ0n) is 18.5. The third kappa shape index (κ3) is 4.49. The van der Waals surface area contributed by atoms with Crippen molar-refractivity contribution in [2.45, 2.75) is 25.6 Å². The second-order valence-corrected chi connectivity index (χ2v) is 8.76. The van der Waals surface area contributed by atoms with Gasteiger partial charge >= 0.3 is 6.18 Å². The van der Waals surface area contributed by atoms with Crippen LogP contribution < -0.4 is 5.73 Å². The first-order valence-corrected chi connectivity index (χ1v) is 11.1. The lowest BCUT2D eigenvalue weighted by Crippen LogP contribution is -2.35. The molecule has 5 rings (SSSR count). The molecule has 35 heavy (non-hydrogen) atoms. The summed E-state index contributed by atoms with van der Waals surface area (Å²) in [6.07, 6.45) is -0.0612. The molecule has 1 aliphatic rings. The lowest BCUT2D eigenvalue weighted by molar-refractivity contribution is -0.137. The summed E-state index contributed by atoms with van der Waals surface area (Å²) in [7, 11) is 0. The maximum absolute atomic E-state index is 13.6. The number of nitrogens with zero attached hydrogens (tertiary/aromatic N) is 5. The molecule has 1 amide bonds. The monoisotopic (exact) mass is 478 g/mol. The summed E-state index contributed by atoms with van der Waals surface area (Å²) in [5.41, 5.74) is 7.87. The fourth-order valence-electron chi connectivity index (χ4n) is 4.25. The quantitative estimate of drug-likeness (QED) is 0.434. The van der Waals surface area contributed by atoms with Gasteiger partial charge in [0.25, 0.3) is 5.91 Å². The number of aromatic nitrogens is 3. The number of carbonyl (C=O) groups is 1. The minimum atomic E-state index is -4.49. The number of nitrogen functional groups attached to an aromatic ring is 1. The van der Waals surface area contributed by atoms with Gasteiger partial charge in [0.2, 0.25) is 0 Å². The highest BCUT2D eigenvalue weighted by molar-refractivity contribution is 5.98. The summed E-state index contributed by atoms with van der Waals surface area (Å²) in [4.78, 5) is 23.4. The van der Waals surface area contributed by atoms with E-state index in [4.69, 9.17) is 5.73 Å². The number of nitriles is 1. The van der Waals surface area contributed by atoms with Crippen LogP contribution in [-0.4, -0.2) is 31.7 Å². The summed E-state index contributed by atoms with van der Waals surface area (Å²) in [6, 6.07) is 13.2. The predicted molar refractivity (Wildman–Crippen MR) is 123 cm³/mol. The number of nitrogens with two attached hydrogens (primary N) is 1. The zero-order chi connectivity index (χ0) is 24.7. The van der Waals surface area contributed by atoms with Crippen LogP contribution >= 0.6 is 0 Å². The van der Waals surface area contributed by atoms with E-state index < -0.39 is 11.7 Å². The van der Waals surface area contributed by atoms with E-state index in [-0.39, 0.29) is 30.8 Å². The number of hydrogen-bond donors (Lipinski definition) is 1. The number of rotatable bonds is 6. The van der Waals surface area contributed by atoms with E-state index in [0.29, 0.717) is 33.6 Å². The summed E-state index contributed by atoms with van der Waals surface area (Å²) in [5.74, 6) is -0.102. The van der Waals surface area contributed by atoms with Gasteiger partial charge in [0.05, 0.1) is 46.3 Å². The molecule has 178 valence electrons. The van der Waals surface area contributed by atoms with Crippen LogP contribution in [0.15, 0.2) is 54.9 Å². The molecule has 1 atom stereocenters. The summed E-state index contributed by atoms with van der Waals surface area (Å²) >= 11 is 0. The number of amides is 1. The number of alkyl halides is 3. The van der Waals surface area contributed by atoms with Crippen molar-refractivity contribution < 1.29 is 18.0 Å². The topological polar surface area (TPSA) is 100 Å². The Balaban J connectivity index is 1.49. The zero-order valence-corrected chi connectivity index (χ0v) is 18.5. The van der Waals surface area contributed by atoms with Crippen LogP contribution in [0.25, 0.3) is 16.6 Å². The Kier molecular flexibility index (Phi) is 5.55. The van der Waals surface area contributed by atoms with Crippen molar-refractivity contribution in [3.63, 3.8) is 0 Å². The van der Waals surface area contributed by atoms with Crippen LogP contribution in [0.5, 0.6) is 0 Å². The van der Waals surface area contributed by atoms with Gasteiger partial charge < -0.3 is 15.0 Å². The molecule has 1 saturated carbocycles. The van der Waals surface area contributed by atoms with Crippen molar-refractivity contribution >= 4 is 28.3 Å². The SMILES string of the molecule is N#CC(CN(Cc1ccc(C(F)(F)F)cn1)C(=O)c1ccc2nc(N)c3cccn3c2c1)C1CC1. The first kappa shape index (κ1) is 22.7. The number of anilines is 1. The normalized spacial score (nSPS) is 14.7. The summed E-state index contributed by atoms with van der Waals surface area (Å²) in [5, 5.41) is 9.64. The molecule has 4 aromatic rings. The molecule has 0 saturated heterocycles. The second-order valence-electron chi connectivity index (χ2n) is 8.76. The maximum atomic E-state index is 13.6. The first-order valence-electron chi connectivity index (χ1n) is 11.1. The van der Waals surface area contributed by atoms with Crippen LogP contribution in [0.2, 0.25) is 0 Å². The summed E-state index contributed by atoms with van der Waals surface area (Å²) in [6.45, 7) is 0.151. The largest absolute Gasteiger partial charge is 0.417 e. The van der Waals surface area contributed by atoms with Gasteiger partial charge in [-0.25, -0.2) is 4.98 Å². The number of carbonyl (C=O) groups excluding carboxylic acids is 1. The van der Waals surface area contributed by atoms with Gasteiger partial charge in [0, 0.05) is 24.5 Å². The van der Waals surface area contributed by atoms with E-state index >= 15 is 0 Å². The minimum Gasteiger partial charge on any atom is -0.382 e. The minimum absolute atomic E-state index is 0.0151. The van der Waals surface area contributed by atoms with Crippen molar-refractivity contribution in [3.05, 3.63) is 71.7 Å².